The van der Waals surface area contributed by atoms with Gasteiger partial charge in [0.2, 0.25) is 0 Å². The van der Waals surface area contributed by atoms with E-state index < -0.39 is 28.4 Å². The molecule has 0 amide bonds. The van der Waals surface area contributed by atoms with Crippen LogP contribution in [0.4, 0.5) is 0 Å². The summed E-state index contributed by atoms with van der Waals surface area (Å²) in [5.41, 5.74) is 1.38. The summed E-state index contributed by atoms with van der Waals surface area (Å²) in [5, 5.41) is 10.0. The molecular weight excluding hydrogens is 344 g/mol. The Hall–Kier alpha value is -2.06. The number of aliphatic hydroxyl groups excluding tert-OH is 1. The van der Waals surface area contributed by atoms with Crippen molar-refractivity contribution in [3.63, 3.8) is 0 Å². The quantitative estimate of drug-likeness (QED) is 0.643. The first-order chi connectivity index (χ1) is 11.9. The Morgan fingerprint density at radius 1 is 1.12 bits per heavy atom. The standard InChI is InChI=1S/C18H18O6S/c1-25(21,22)24-18-15(19)11-23-17(18)14-10-6-5-9-13(14)16(20)12-7-3-2-4-8-12/h2-10,15,17-19H,11H2,1H3/t15-,17+,18-/m0/s1. The maximum atomic E-state index is 12.8. The lowest BCUT2D eigenvalue weighted by atomic mass is 9.93. The second-order valence-electron chi connectivity index (χ2n) is 5.87. The van der Waals surface area contributed by atoms with Gasteiger partial charge in [0, 0.05) is 11.1 Å². The highest BCUT2D eigenvalue weighted by atomic mass is 32.2. The molecule has 6 nitrogen and oxygen atoms in total. The maximum Gasteiger partial charge on any atom is 0.264 e. The number of carbonyl (C=O) groups is 1. The molecular formula is C18H18O6S. The molecule has 2 aromatic rings. The van der Waals surface area contributed by atoms with Gasteiger partial charge in [0.05, 0.1) is 12.9 Å². The van der Waals surface area contributed by atoms with E-state index in [-0.39, 0.29) is 12.4 Å². The summed E-state index contributed by atoms with van der Waals surface area (Å²) >= 11 is 0. The van der Waals surface area contributed by atoms with Gasteiger partial charge in [-0.25, -0.2) is 0 Å². The zero-order valence-corrected chi connectivity index (χ0v) is 14.3. The number of ether oxygens (including phenoxy) is 1. The van der Waals surface area contributed by atoms with Crippen LogP contribution in [0, 0.1) is 0 Å². The summed E-state index contributed by atoms with van der Waals surface area (Å²) in [6, 6.07) is 15.5. The smallest absolute Gasteiger partial charge is 0.264 e. The van der Waals surface area contributed by atoms with E-state index in [1.807, 2.05) is 6.07 Å². The SMILES string of the molecule is CS(=O)(=O)O[C@@H]1[C@@H](c2ccccc2C(=O)c2ccccc2)OC[C@@H]1O. The Morgan fingerprint density at radius 2 is 1.76 bits per heavy atom. The number of aliphatic hydroxyl groups is 1. The van der Waals surface area contributed by atoms with Gasteiger partial charge in [-0.1, -0.05) is 54.6 Å². The molecule has 7 heteroatoms. The molecule has 25 heavy (non-hydrogen) atoms. The summed E-state index contributed by atoms with van der Waals surface area (Å²) < 4.78 is 33.5. The highest BCUT2D eigenvalue weighted by Crippen LogP contribution is 2.35. The van der Waals surface area contributed by atoms with Crippen LogP contribution in [0.25, 0.3) is 0 Å². The maximum absolute atomic E-state index is 12.8. The second kappa shape index (κ2) is 7.05. The minimum Gasteiger partial charge on any atom is -0.388 e. The Kier molecular flexibility index (Phi) is 5.01. The molecule has 0 radical (unpaired) electrons. The third-order valence-corrected chi connectivity index (χ3v) is 4.53. The van der Waals surface area contributed by atoms with Crippen molar-refractivity contribution in [2.45, 2.75) is 18.3 Å². The van der Waals surface area contributed by atoms with Crippen molar-refractivity contribution in [1.29, 1.82) is 0 Å². The molecule has 2 aromatic carbocycles. The number of hydrogen-bond donors (Lipinski definition) is 1. The first kappa shape index (κ1) is 17.8. The number of benzene rings is 2. The summed E-state index contributed by atoms with van der Waals surface area (Å²) in [5.74, 6) is -0.209. The predicted octanol–water partition coefficient (Wildman–Crippen LogP) is 1.69. The van der Waals surface area contributed by atoms with Crippen LogP contribution >= 0.6 is 0 Å². The van der Waals surface area contributed by atoms with Gasteiger partial charge in [-0.05, 0) is 5.56 Å². The summed E-state index contributed by atoms with van der Waals surface area (Å²) in [4.78, 5) is 12.8. The Balaban J connectivity index is 1.99. The molecule has 3 atom stereocenters. The van der Waals surface area contributed by atoms with Crippen molar-refractivity contribution in [2.75, 3.05) is 12.9 Å². The van der Waals surface area contributed by atoms with E-state index >= 15 is 0 Å². The van der Waals surface area contributed by atoms with Crippen LogP contribution in [-0.2, 0) is 19.0 Å². The highest BCUT2D eigenvalue weighted by molar-refractivity contribution is 7.86. The normalized spacial score (nSPS) is 23.5. The van der Waals surface area contributed by atoms with Gasteiger partial charge in [0.25, 0.3) is 10.1 Å². The van der Waals surface area contributed by atoms with Crippen molar-refractivity contribution in [3.8, 4) is 0 Å². The fourth-order valence-corrected chi connectivity index (χ4v) is 3.51. The van der Waals surface area contributed by atoms with Crippen LogP contribution in [0.5, 0.6) is 0 Å². The monoisotopic (exact) mass is 362 g/mol. The molecule has 0 spiro atoms. The molecule has 1 fully saturated rings. The molecule has 0 saturated carbocycles. The van der Waals surface area contributed by atoms with Gasteiger partial charge in [-0.2, -0.15) is 8.42 Å². The van der Waals surface area contributed by atoms with E-state index in [1.165, 1.54) is 0 Å². The van der Waals surface area contributed by atoms with E-state index in [9.17, 15) is 18.3 Å². The van der Waals surface area contributed by atoms with Gasteiger partial charge in [0.15, 0.2) is 5.78 Å². The lowest BCUT2D eigenvalue weighted by Crippen LogP contribution is -2.31. The van der Waals surface area contributed by atoms with Crippen LogP contribution in [0.15, 0.2) is 54.6 Å². The van der Waals surface area contributed by atoms with Crippen LogP contribution in [0.2, 0.25) is 0 Å². The van der Waals surface area contributed by atoms with Crippen LogP contribution in [-0.4, -0.2) is 44.4 Å². The lowest BCUT2D eigenvalue weighted by Gasteiger charge is -2.21. The zero-order chi connectivity index (χ0) is 18.0. The van der Waals surface area contributed by atoms with Crippen molar-refractivity contribution >= 4 is 15.9 Å². The summed E-state index contributed by atoms with van der Waals surface area (Å²) in [7, 11) is -3.79. The largest absolute Gasteiger partial charge is 0.388 e. The first-order valence-corrected chi connectivity index (χ1v) is 9.55. The molecule has 1 aliphatic heterocycles. The van der Waals surface area contributed by atoms with E-state index in [4.69, 9.17) is 8.92 Å². The van der Waals surface area contributed by atoms with Crippen LogP contribution in [0.3, 0.4) is 0 Å². The zero-order valence-electron chi connectivity index (χ0n) is 13.5. The topological polar surface area (TPSA) is 89.9 Å². The predicted molar refractivity (Wildman–Crippen MR) is 90.7 cm³/mol. The Morgan fingerprint density at radius 3 is 2.44 bits per heavy atom. The third-order valence-electron chi connectivity index (χ3n) is 3.96. The molecule has 132 valence electrons. The molecule has 0 aromatic heterocycles. The number of hydrogen-bond acceptors (Lipinski definition) is 6. The summed E-state index contributed by atoms with van der Waals surface area (Å²) in [6.45, 7) is -0.0707. The highest BCUT2D eigenvalue weighted by Gasteiger charge is 2.41. The van der Waals surface area contributed by atoms with Crippen molar-refractivity contribution in [1.82, 2.24) is 0 Å². The fourth-order valence-electron chi connectivity index (χ4n) is 2.87. The Labute approximate surface area is 146 Å². The number of ketones is 1. The minimum atomic E-state index is -3.79. The van der Waals surface area contributed by atoms with Crippen LogP contribution in [0.1, 0.15) is 27.6 Å². The van der Waals surface area contributed by atoms with Crippen molar-refractivity contribution in [2.24, 2.45) is 0 Å². The third kappa shape index (κ3) is 3.96. The van der Waals surface area contributed by atoms with E-state index in [1.54, 1.807) is 48.5 Å². The minimum absolute atomic E-state index is 0.0707. The average molecular weight is 362 g/mol. The fraction of sp³-hybridized carbons (Fsp3) is 0.278. The van der Waals surface area contributed by atoms with Crippen molar-refractivity contribution < 1.29 is 27.2 Å². The van der Waals surface area contributed by atoms with E-state index in [0.29, 0.717) is 16.7 Å². The van der Waals surface area contributed by atoms with Crippen LogP contribution < -0.4 is 0 Å². The molecule has 0 unspecified atom stereocenters. The average Bonchev–Trinajstić information content (AvgIpc) is 2.94. The van der Waals surface area contributed by atoms with Gasteiger partial charge in [-0.3, -0.25) is 8.98 Å². The first-order valence-electron chi connectivity index (χ1n) is 7.73. The van der Waals surface area contributed by atoms with Gasteiger partial charge in [-0.15, -0.1) is 0 Å². The summed E-state index contributed by atoms with van der Waals surface area (Å²) in [6.07, 6.45) is -2.14. The lowest BCUT2D eigenvalue weighted by molar-refractivity contribution is 0.0446. The van der Waals surface area contributed by atoms with E-state index in [2.05, 4.69) is 0 Å². The van der Waals surface area contributed by atoms with Gasteiger partial charge >= 0.3 is 0 Å². The van der Waals surface area contributed by atoms with Gasteiger partial charge < -0.3 is 9.84 Å². The molecule has 1 N–H and O–H groups in total. The van der Waals surface area contributed by atoms with Gasteiger partial charge in [0.1, 0.15) is 18.3 Å². The number of carbonyl (C=O) groups excluding carboxylic acids is 1. The molecule has 1 saturated heterocycles. The number of rotatable bonds is 5. The molecule has 0 bridgehead atoms. The second-order valence-corrected chi connectivity index (χ2v) is 7.47. The molecule has 0 aliphatic carbocycles. The Bertz CT molecular complexity index is 862. The molecule has 1 heterocycles. The molecule has 3 rings (SSSR count). The molecule has 1 aliphatic rings. The van der Waals surface area contributed by atoms with E-state index in [0.717, 1.165) is 6.26 Å². The van der Waals surface area contributed by atoms with Crippen molar-refractivity contribution in [3.05, 3.63) is 71.3 Å².